The molecule has 1 N–H and O–H groups in total. The molecule has 0 bridgehead atoms. The van der Waals surface area contributed by atoms with E-state index in [9.17, 15) is 9.59 Å². The molecule has 0 radical (unpaired) electrons. The number of amides is 3. The van der Waals surface area contributed by atoms with Crippen molar-refractivity contribution in [3.05, 3.63) is 29.8 Å². The second-order valence-electron chi connectivity index (χ2n) is 8.69. The monoisotopic (exact) mass is 385 g/mol. The summed E-state index contributed by atoms with van der Waals surface area (Å²) in [6, 6.07) is 7.86. The molecule has 152 valence electrons. The van der Waals surface area contributed by atoms with Crippen molar-refractivity contribution in [2.75, 3.05) is 38.1 Å². The zero-order valence-electron chi connectivity index (χ0n) is 16.8. The predicted molar refractivity (Wildman–Crippen MR) is 108 cm³/mol. The van der Waals surface area contributed by atoms with Crippen LogP contribution in [0.4, 0.5) is 10.5 Å². The molecule has 3 saturated heterocycles. The first-order valence-electron chi connectivity index (χ1n) is 10.6. The molecular weight excluding hydrogens is 354 g/mol. The van der Waals surface area contributed by atoms with Gasteiger partial charge in [0.05, 0.1) is 6.10 Å². The van der Waals surface area contributed by atoms with Crippen molar-refractivity contribution in [2.24, 2.45) is 5.41 Å². The third-order valence-corrected chi connectivity index (χ3v) is 6.61. The van der Waals surface area contributed by atoms with Crippen LogP contribution in [0.2, 0.25) is 0 Å². The summed E-state index contributed by atoms with van der Waals surface area (Å²) in [6.07, 6.45) is 5.86. The third kappa shape index (κ3) is 4.32. The highest BCUT2D eigenvalue weighted by Crippen LogP contribution is 2.40. The van der Waals surface area contributed by atoms with Gasteiger partial charge in [0.2, 0.25) is 5.91 Å². The summed E-state index contributed by atoms with van der Waals surface area (Å²) in [5, 5.41) is 3.00. The lowest BCUT2D eigenvalue weighted by Crippen LogP contribution is -2.54. The second-order valence-corrected chi connectivity index (χ2v) is 8.69. The number of carbonyl (C=O) groups excluding carboxylic acids is 2. The number of carbonyl (C=O) groups is 2. The number of hydrogen-bond acceptors (Lipinski definition) is 3. The number of hydrogen-bond donors (Lipinski definition) is 1. The van der Waals surface area contributed by atoms with Gasteiger partial charge in [-0.25, -0.2) is 4.79 Å². The number of nitrogens with zero attached hydrogens (tertiary/aromatic N) is 2. The molecule has 1 unspecified atom stereocenters. The van der Waals surface area contributed by atoms with E-state index in [1.54, 1.807) is 0 Å². The van der Waals surface area contributed by atoms with Crippen LogP contribution in [0.5, 0.6) is 0 Å². The summed E-state index contributed by atoms with van der Waals surface area (Å²) in [5.74, 6) is 0.265. The summed E-state index contributed by atoms with van der Waals surface area (Å²) in [4.78, 5) is 28.9. The molecule has 1 atom stereocenters. The summed E-state index contributed by atoms with van der Waals surface area (Å²) < 4.78 is 5.74. The van der Waals surface area contributed by atoms with Crippen molar-refractivity contribution in [3.63, 3.8) is 0 Å². The number of likely N-dealkylation sites (tertiary alicyclic amines) is 2. The zero-order valence-corrected chi connectivity index (χ0v) is 16.8. The van der Waals surface area contributed by atoms with E-state index in [0.717, 1.165) is 70.6 Å². The highest BCUT2D eigenvalue weighted by Gasteiger charge is 2.42. The van der Waals surface area contributed by atoms with Crippen LogP contribution in [0.3, 0.4) is 0 Å². The fourth-order valence-electron chi connectivity index (χ4n) is 4.73. The molecule has 3 aliphatic rings. The number of nitrogens with one attached hydrogen (secondary N) is 1. The van der Waals surface area contributed by atoms with Crippen LogP contribution in [0.1, 0.15) is 44.1 Å². The van der Waals surface area contributed by atoms with E-state index in [1.807, 2.05) is 41.0 Å². The standard InChI is InChI=1S/C22H31N3O3/c1-17-4-6-18(7-5-17)23-21(27)24-12-10-22(11-13-24)9-8-20(26)25(16-22)15-19-3-2-14-28-19/h4-7,19H,2-3,8-16H2,1H3,(H,23,27). The molecular formula is C22H31N3O3. The molecule has 6 nitrogen and oxygen atoms in total. The molecule has 28 heavy (non-hydrogen) atoms. The molecule has 1 aromatic carbocycles. The van der Waals surface area contributed by atoms with Gasteiger partial charge in [0.15, 0.2) is 0 Å². The lowest BCUT2D eigenvalue weighted by molar-refractivity contribution is -0.140. The quantitative estimate of drug-likeness (QED) is 0.867. The number of anilines is 1. The second kappa shape index (κ2) is 8.11. The number of piperidine rings is 2. The maximum Gasteiger partial charge on any atom is 0.321 e. The number of urea groups is 1. The number of rotatable bonds is 3. The third-order valence-electron chi connectivity index (χ3n) is 6.61. The van der Waals surface area contributed by atoms with Gasteiger partial charge in [0.1, 0.15) is 0 Å². The maximum absolute atomic E-state index is 12.6. The summed E-state index contributed by atoms with van der Waals surface area (Å²) >= 11 is 0. The van der Waals surface area contributed by atoms with E-state index in [0.29, 0.717) is 6.42 Å². The molecule has 6 heteroatoms. The molecule has 3 amide bonds. The Morgan fingerprint density at radius 3 is 2.64 bits per heavy atom. The van der Waals surface area contributed by atoms with Crippen LogP contribution >= 0.6 is 0 Å². The van der Waals surface area contributed by atoms with E-state index in [1.165, 1.54) is 5.56 Å². The van der Waals surface area contributed by atoms with E-state index >= 15 is 0 Å². The minimum atomic E-state index is -0.0261. The van der Waals surface area contributed by atoms with E-state index in [4.69, 9.17) is 4.74 Å². The Bertz CT molecular complexity index is 704. The lowest BCUT2D eigenvalue weighted by Gasteiger charge is -2.47. The first kappa shape index (κ1) is 19.2. The van der Waals surface area contributed by atoms with Crippen molar-refractivity contribution in [2.45, 2.75) is 51.6 Å². The van der Waals surface area contributed by atoms with Gasteiger partial charge in [-0.3, -0.25) is 4.79 Å². The van der Waals surface area contributed by atoms with Crippen molar-refractivity contribution < 1.29 is 14.3 Å². The van der Waals surface area contributed by atoms with Crippen LogP contribution in [0, 0.1) is 12.3 Å². The fraction of sp³-hybridized carbons (Fsp3) is 0.636. The largest absolute Gasteiger partial charge is 0.376 e. The topological polar surface area (TPSA) is 61.9 Å². The van der Waals surface area contributed by atoms with Gasteiger partial charge in [-0.2, -0.15) is 0 Å². The zero-order chi connectivity index (χ0) is 19.6. The summed E-state index contributed by atoms with van der Waals surface area (Å²) in [6.45, 7) is 5.91. The Labute approximate surface area is 167 Å². The normalized spacial score (nSPS) is 24.6. The predicted octanol–water partition coefficient (Wildman–Crippen LogP) is 3.41. The molecule has 4 rings (SSSR count). The summed E-state index contributed by atoms with van der Waals surface area (Å²) in [5.41, 5.74) is 2.17. The van der Waals surface area contributed by atoms with Crippen LogP contribution in [-0.2, 0) is 9.53 Å². The highest BCUT2D eigenvalue weighted by atomic mass is 16.5. The smallest absolute Gasteiger partial charge is 0.321 e. The number of aryl methyl sites for hydroxylation is 1. The van der Waals surface area contributed by atoms with Crippen LogP contribution in [-0.4, -0.2) is 60.6 Å². The minimum Gasteiger partial charge on any atom is -0.376 e. The molecule has 3 heterocycles. The Hall–Kier alpha value is -2.08. The lowest BCUT2D eigenvalue weighted by atomic mass is 9.72. The molecule has 1 spiro atoms. The molecule has 0 saturated carbocycles. The van der Waals surface area contributed by atoms with Gasteiger partial charge in [-0.15, -0.1) is 0 Å². The van der Waals surface area contributed by atoms with Crippen LogP contribution in [0.25, 0.3) is 0 Å². The fourth-order valence-corrected chi connectivity index (χ4v) is 4.73. The van der Waals surface area contributed by atoms with Crippen molar-refractivity contribution in [1.29, 1.82) is 0 Å². The molecule has 3 fully saturated rings. The maximum atomic E-state index is 12.6. The van der Waals surface area contributed by atoms with Crippen molar-refractivity contribution in [1.82, 2.24) is 9.80 Å². The van der Waals surface area contributed by atoms with Gasteiger partial charge in [-0.1, -0.05) is 17.7 Å². The summed E-state index contributed by atoms with van der Waals surface area (Å²) in [7, 11) is 0. The van der Waals surface area contributed by atoms with E-state index < -0.39 is 0 Å². The Kier molecular flexibility index (Phi) is 5.58. The Morgan fingerprint density at radius 2 is 1.96 bits per heavy atom. The minimum absolute atomic E-state index is 0.0261. The van der Waals surface area contributed by atoms with Gasteiger partial charge in [-0.05, 0) is 56.6 Å². The first-order valence-corrected chi connectivity index (χ1v) is 10.6. The van der Waals surface area contributed by atoms with Gasteiger partial charge >= 0.3 is 6.03 Å². The van der Waals surface area contributed by atoms with Gasteiger partial charge < -0.3 is 19.9 Å². The number of ether oxygens (including phenoxy) is 1. The van der Waals surface area contributed by atoms with E-state index in [-0.39, 0.29) is 23.5 Å². The molecule has 3 aliphatic heterocycles. The first-order chi connectivity index (χ1) is 13.5. The SMILES string of the molecule is Cc1ccc(NC(=O)N2CCC3(CCC(=O)N(CC4CCCO4)C3)CC2)cc1. The van der Waals surface area contributed by atoms with Gasteiger partial charge in [0, 0.05) is 44.9 Å². The number of benzene rings is 1. The average Bonchev–Trinajstić information content (AvgIpc) is 3.20. The molecule has 0 aromatic heterocycles. The Balaban J connectivity index is 1.31. The Morgan fingerprint density at radius 1 is 1.21 bits per heavy atom. The van der Waals surface area contributed by atoms with Crippen LogP contribution < -0.4 is 5.32 Å². The van der Waals surface area contributed by atoms with Gasteiger partial charge in [0.25, 0.3) is 0 Å². The van der Waals surface area contributed by atoms with E-state index in [2.05, 4.69) is 5.32 Å². The van der Waals surface area contributed by atoms with Crippen molar-refractivity contribution >= 4 is 17.6 Å². The molecule has 1 aromatic rings. The average molecular weight is 386 g/mol. The molecule has 0 aliphatic carbocycles. The van der Waals surface area contributed by atoms with Crippen LogP contribution in [0.15, 0.2) is 24.3 Å². The highest BCUT2D eigenvalue weighted by molar-refractivity contribution is 5.89. The van der Waals surface area contributed by atoms with Crippen molar-refractivity contribution in [3.8, 4) is 0 Å².